The van der Waals surface area contributed by atoms with Gasteiger partial charge in [0.25, 0.3) is 0 Å². The van der Waals surface area contributed by atoms with Crippen LogP contribution in [0.2, 0.25) is 0 Å². The Bertz CT molecular complexity index is 247. The van der Waals surface area contributed by atoms with E-state index in [0.717, 1.165) is 0 Å². The van der Waals surface area contributed by atoms with Gasteiger partial charge in [0.2, 0.25) is 0 Å². The molecule has 5 nitrogen and oxygen atoms in total. The summed E-state index contributed by atoms with van der Waals surface area (Å²) >= 11 is 3.25. The number of alkyl halides is 1. The predicted molar refractivity (Wildman–Crippen MR) is 45.1 cm³/mol. The molecule has 1 aromatic heterocycles. The molecular weight excluding hydrogens is 226 g/mol. The Morgan fingerprint density at radius 3 is 3.17 bits per heavy atom. The summed E-state index contributed by atoms with van der Waals surface area (Å²) in [5.41, 5.74) is 0.197. The average molecular weight is 234 g/mol. The van der Waals surface area contributed by atoms with E-state index in [1.54, 1.807) is 0 Å². The Balaban J connectivity index is 2.40. The molecule has 1 unspecified atom stereocenters. The second-order valence-electron chi connectivity index (χ2n) is 2.23. The molecule has 1 rings (SSSR count). The van der Waals surface area contributed by atoms with Crippen molar-refractivity contribution in [1.82, 2.24) is 15.4 Å². The first-order valence-corrected chi connectivity index (χ1v) is 4.28. The van der Waals surface area contributed by atoms with E-state index < -0.39 is 5.97 Å². The number of carbonyl (C=O) groups excluding carboxylic acids is 1. The molecule has 12 heavy (non-hydrogen) atoms. The zero-order valence-corrected chi connectivity index (χ0v) is 8.04. The molecule has 0 fully saturated rings. The van der Waals surface area contributed by atoms with Gasteiger partial charge >= 0.3 is 5.97 Å². The van der Waals surface area contributed by atoms with Crippen molar-refractivity contribution >= 4 is 21.9 Å². The Labute approximate surface area is 77.6 Å². The number of aromatic nitrogens is 3. The lowest BCUT2D eigenvalue weighted by molar-refractivity contribution is 0.0505. The molecule has 1 N–H and O–H groups in total. The molecule has 0 bridgehead atoms. The molecule has 1 heterocycles. The topological polar surface area (TPSA) is 67.9 Å². The molecule has 1 aromatic rings. The van der Waals surface area contributed by atoms with Crippen LogP contribution in [0.3, 0.4) is 0 Å². The maximum Gasteiger partial charge on any atom is 0.360 e. The van der Waals surface area contributed by atoms with Gasteiger partial charge in [-0.2, -0.15) is 10.3 Å². The molecule has 0 spiro atoms. The number of hydrogen-bond acceptors (Lipinski definition) is 4. The summed E-state index contributed by atoms with van der Waals surface area (Å²) in [5, 5.41) is 9.38. The minimum Gasteiger partial charge on any atom is -0.460 e. The van der Waals surface area contributed by atoms with Crippen LogP contribution < -0.4 is 0 Å². The third kappa shape index (κ3) is 2.61. The van der Waals surface area contributed by atoms with Crippen LogP contribution in [0.15, 0.2) is 6.20 Å². The van der Waals surface area contributed by atoms with Crippen molar-refractivity contribution in [2.75, 3.05) is 6.61 Å². The standard InChI is InChI=1S/C6H8BrN3O2/c1-4(7)3-12-6(11)5-2-8-10-9-5/h2,4H,3H2,1H3,(H,8,9,10). The highest BCUT2D eigenvalue weighted by atomic mass is 79.9. The quantitative estimate of drug-likeness (QED) is 0.618. The predicted octanol–water partition coefficient (Wildman–Crippen LogP) is 0.745. The number of ether oxygens (including phenoxy) is 1. The van der Waals surface area contributed by atoms with Crippen molar-refractivity contribution in [1.29, 1.82) is 0 Å². The Kier molecular flexibility index (Phi) is 3.21. The van der Waals surface area contributed by atoms with Gasteiger partial charge in [-0.05, 0) is 6.92 Å². The van der Waals surface area contributed by atoms with E-state index in [4.69, 9.17) is 4.74 Å². The summed E-state index contributed by atoms with van der Waals surface area (Å²) in [6.45, 7) is 2.21. The zero-order chi connectivity index (χ0) is 8.97. The van der Waals surface area contributed by atoms with Crippen LogP contribution in [0.4, 0.5) is 0 Å². The van der Waals surface area contributed by atoms with Gasteiger partial charge in [-0.25, -0.2) is 4.79 Å². The van der Waals surface area contributed by atoms with Gasteiger partial charge in [0.05, 0.1) is 6.20 Å². The van der Waals surface area contributed by atoms with Crippen LogP contribution in [0, 0.1) is 0 Å². The fraction of sp³-hybridized carbons (Fsp3) is 0.500. The van der Waals surface area contributed by atoms with Crippen molar-refractivity contribution in [3.05, 3.63) is 11.9 Å². The molecule has 0 saturated carbocycles. The third-order valence-electron chi connectivity index (χ3n) is 1.07. The lowest BCUT2D eigenvalue weighted by Crippen LogP contribution is -2.11. The Hall–Kier alpha value is -0.910. The van der Waals surface area contributed by atoms with E-state index in [1.807, 2.05) is 6.92 Å². The van der Waals surface area contributed by atoms with Crippen LogP contribution >= 0.6 is 15.9 Å². The molecule has 1 atom stereocenters. The largest absolute Gasteiger partial charge is 0.460 e. The van der Waals surface area contributed by atoms with Gasteiger partial charge in [0, 0.05) is 4.83 Å². The highest BCUT2D eigenvalue weighted by Crippen LogP contribution is 2.00. The smallest absolute Gasteiger partial charge is 0.360 e. The first kappa shape index (κ1) is 9.18. The summed E-state index contributed by atoms with van der Waals surface area (Å²) in [6, 6.07) is 0. The molecule has 66 valence electrons. The van der Waals surface area contributed by atoms with Crippen molar-refractivity contribution < 1.29 is 9.53 Å². The molecule has 0 aliphatic carbocycles. The summed E-state index contributed by atoms with van der Waals surface area (Å²) in [7, 11) is 0. The lowest BCUT2D eigenvalue weighted by Gasteiger charge is -2.02. The van der Waals surface area contributed by atoms with Crippen LogP contribution in [0.1, 0.15) is 17.4 Å². The zero-order valence-electron chi connectivity index (χ0n) is 6.45. The molecule has 0 amide bonds. The van der Waals surface area contributed by atoms with Gasteiger partial charge in [-0.1, -0.05) is 15.9 Å². The monoisotopic (exact) mass is 233 g/mol. The van der Waals surface area contributed by atoms with E-state index >= 15 is 0 Å². The molecular formula is C6H8BrN3O2. The number of halogens is 1. The van der Waals surface area contributed by atoms with Crippen molar-refractivity contribution in [3.63, 3.8) is 0 Å². The second-order valence-corrected chi connectivity index (χ2v) is 3.80. The average Bonchev–Trinajstić information content (AvgIpc) is 2.51. The van der Waals surface area contributed by atoms with E-state index in [1.165, 1.54) is 6.20 Å². The van der Waals surface area contributed by atoms with Gasteiger partial charge in [0.15, 0.2) is 5.69 Å². The van der Waals surface area contributed by atoms with Crippen molar-refractivity contribution in [3.8, 4) is 0 Å². The van der Waals surface area contributed by atoms with Crippen LogP contribution in [0.5, 0.6) is 0 Å². The van der Waals surface area contributed by atoms with Crippen molar-refractivity contribution in [2.24, 2.45) is 0 Å². The third-order valence-corrected chi connectivity index (χ3v) is 1.33. The number of nitrogens with zero attached hydrogens (tertiary/aromatic N) is 2. The van der Waals surface area contributed by atoms with Gasteiger partial charge in [0.1, 0.15) is 6.61 Å². The van der Waals surface area contributed by atoms with E-state index in [9.17, 15) is 4.79 Å². The molecule has 0 aliphatic rings. The summed E-state index contributed by atoms with van der Waals surface area (Å²) < 4.78 is 4.84. The first-order valence-electron chi connectivity index (χ1n) is 3.37. The Morgan fingerprint density at radius 2 is 2.67 bits per heavy atom. The van der Waals surface area contributed by atoms with Gasteiger partial charge in [-0.15, -0.1) is 5.10 Å². The maximum absolute atomic E-state index is 11.0. The highest BCUT2D eigenvalue weighted by Gasteiger charge is 2.10. The fourth-order valence-electron chi connectivity index (χ4n) is 0.564. The highest BCUT2D eigenvalue weighted by molar-refractivity contribution is 9.09. The first-order chi connectivity index (χ1) is 5.70. The maximum atomic E-state index is 11.0. The van der Waals surface area contributed by atoms with Crippen LogP contribution in [-0.2, 0) is 4.74 Å². The summed E-state index contributed by atoms with van der Waals surface area (Å²) in [6.07, 6.45) is 1.32. The fourth-order valence-corrected chi connectivity index (χ4v) is 0.697. The number of H-pyrrole nitrogens is 1. The number of carbonyl (C=O) groups is 1. The molecule has 0 saturated heterocycles. The summed E-state index contributed by atoms with van der Waals surface area (Å²) in [5.74, 6) is -0.463. The minimum absolute atomic E-state index is 0.147. The van der Waals surface area contributed by atoms with E-state index in [0.29, 0.717) is 6.61 Å². The molecule has 0 aromatic carbocycles. The number of esters is 1. The number of nitrogens with one attached hydrogen (secondary N) is 1. The molecule has 0 radical (unpaired) electrons. The van der Waals surface area contributed by atoms with Gasteiger partial charge < -0.3 is 4.74 Å². The number of rotatable bonds is 3. The minimum atomic E-state index is -0.463. The van der Waals surface area contributed by atoms with Crippen LogP contribution in [0.25, 0.3) is 0 Å². The molecule has 6 heteroatoms. The van der Waals surface area contributed by atoms with Gasteiger partial charge in [-0.3, -0.25) is 0 Å². The second kappa shape index (κ2) is 4.20. The van der Waals surface area contributed by atoms with E-state index in [-0.39, 0.29) is 10.5 Å². The van der Waals surface area contributed by atoms with Crippen LogP contribution in [-0.4, -0.2) is 32.8 Å². The number of aromatic amines is 1. The van der Waals surface area contributed by atoms with E-state index in [2.05, 4.69) is 31.3 Å². The lowest BCUT2D eigenvalue weighted by atomic mass is 10.5. The normalized spacial score (nSPS) is 12.5. The molecule has 0 aliphatic heterocycles. The number of hydrogen-bond donors (Lipinski definition) is 1. The SMILES string of the molecule is CC(Br)COC(=O)c1cn[nH]n1. The van der Waals surface area contributed by atoms with Crippen molar-refractivity contribution in [2.45, 2.75) is 11.8 Å². The summed E-state index contributed by atoms with van der Waals surface area (Å²) in [4.78, 5) is 11.2. The Morgan fingerprint density at radius 1 is 1.92 bits per heavy atom.